The molecule has 0 saturated heterocycles. The zero-order valence-electron chi connectivity index (χ0n) is 41.8. The third-order valence-corrected chi connectivity index (χ3v) is 13.8. The number of rotatable bonds is 46. The maximum absolute atomic E-state index is 12.9. The Morgan fingerprint density at radius 1 is 0.455 bits per heavy atom. The van der Waals surface area contributed by atoms with Crippen molar-refractivity contribution in [2.45, 2.75) is 294 Å². The molecule has 0 aromatic rings. The summed E-state index contributed by atoms with van der Waals surface area (Å²) in [5, 5.41) is 50.3. The standard InChI is InChI=1S/C52H99O13P/c1-3-5-7-9-11-13-15-17-19-20-21-22-23-24-25-27-29-31-33-35-37-39-41-46(54)64-44(43-63-66(60,61)65-52-50(58)48(56)47(55)49(57)51(52)59)42-62-45(53)40-38-36-34-32-30-28-26-18-16-14-12-10-8-6-4-2/h30,32,44,47-52,55-59H,3-29,31,33-43H2,1-2H3,(H,60,61)/b32-30+/t44-,47?,48-,49?,50?,51?,52?/m1/s1. The van der Waals surface area contributed by atoms with Gasteiger partial charge in [-0.1, -0.05) is 212 Å². The van der Waals surface area contributed by atoms with Gasteiger partial charge in [-0.05, 0) is 38.5 Å². The second-order valence-electron chi connectivity index (χ2n) is 19.1. The number of ether oxygens (including phenoxy) is 2. The van der Waals surface area contributed by atoms with E-state index >= 15 is 0 Å². The molecule has 1 aliphatic carbocycles. The van der Waals surface area contributed by atoms with Crippen molar-refractivity contribution in [1.29, 1.82) is 0 Å². The van der Waals surface area contributed by atoms with Crippen LogP contribution in [0.1, 0.15) is 251 Å². The van der Waals surface area contributed by atoms with Crippen LogP contribution in [0.4, 0.5) is 0 Å². The zero-order valence-corrected chi connectivity index (χ0v) is 42.7. The van der Waals surface area contributed by atoms with Crippen molar-refractivity contribution in [1.82, 2.24) is 0 Å². The highest BCUT2D eigenvalue weighted by molar-refractivity contribution is 7.47. The van der Waals surface area contributed by atoms with E-state index in [-0.39, 0.29) is 12.8 Å². The number of esters is 2. The highest BCUT2D eigenvalue weighted by Crippen LogP contribution is 2.47. The maximum atomic E-state index is 12.9. The first kappa shape index (κ1) is 62.6. The van der Waals surface area contributed by atoms with Gasteiger partial charge >= 0.3 is 19.8 Å². The first-order valence-electron chi connectivity index (χ1n) is 27.0. The summed E-state index contributed by atoms with van der Waals surface area (Å²) in [4.78, 5) is 35.8. The van der Waals surface area contributed by atoms with E-state index in [2.05, 4.69) is 26.0 Å². The first-order valence-corrected chi connectivity index (χ1v) is 28.5. The van der Waals surface area contributed by atoms with Crippen LogP contribution < -0.4 is 0 Å². The molecule has 0 aromatic heterocycles. The highest BCUT2D eigenvalue weighted by Gasteiger charge is 2.51. The van der Waals surface area contributed by atoms with Crippen LogP contribution in [0, 0.1) is 0 Å². The molecular formula is C52H99O13P. The molecule has 1 rings (SSSR count). The lowest BCUT2D eigenvalue weighted by molar-refractivity contribution is -0.220. The lowest BCUT2D eigenvalue weighted by Gasteiger charge is -2.41. The van der Waals surface area contributed by atoms with Crippen LogP contribution >= 0.6 is 7.82 Å². The Kier molecular flexibility index (Phi) is 40.3. The number of allylic oxidation sites excluding steroid dienone is 2. The molecule has 0 heterocycles. The van der Waals surface area contributed by atoms with E-state index in [0.29, 0.717) is 12.8 Å². The third-order valence-electron chi connectivity index (χ3n) is 12.9. The predicted octanol–water partition coefficient (Wildman–Crippen LogP) is 11.8. The Morgan fingerprint density at radius 2 is 0.773 bits per heavy atom. The molecular weight excluding hydrogens is 864 g/mol. The molecule has 0 amide bonds. The number of unbranched alkanes of at least 4 members (excludes halogenated alkanes) is 32. The molecule has 13 nitrogen and oxygen atoms in total. The van der Waals surface area contributed by atoms with Gasteiger partial charge in [0.1, 0.15) is 43.2 Å². The average molecular weight is 963 g/mol. The summed E-state index contributed by atoms with van der Waals surface area (Å²) in [5.74, 6) is -1.11. The topological polar surface area (TPSA) is 210 Å². The zero-order chi connectivity index (χ0) is 48.5. The van der Waals surface area contributed by atoms with E-state index in [9.17, 15) is 44.6 Å². The summed E-state index contributed by atoms with van der Waals surface area (Å²) in [7, 11) is -5.12. The molecule has 0 spiro atoms. The largest absolute Gasteiger partial charge is 0.472 e. The fourth-order valence-corrected chi connectivity index (χ4v) is 9.49. The number of phosphoric ester groups is 1. The summed E-state index contributed by atoms with van der Waals surface area (Å²) in [6.45, 7) is 3.33. The van der Waals surface area contributed by atoms with E-state index in [4.69, 9.17) is 18.5 Å². The lowest BCUT2D eigenvalue weighted by atomic mass is 9.85. The second kappa shape index (κ2) is 42.5. The molecule has 1 aliphatic rings. The SMILES string of the molecule is CCCCCCCCCCC/C=C/CCCCC(=O)OC[C@H](COP(=O)(O)OC1C(O)C(O)C(O)[C@@H](O)C1O)OC(=O)CCCCCCCCCCCCCCCCCCCCCCCC. The molecule has 6 unspecified atom stereocenters. The van der Waals surface area contributed by atoms with E-state index in [1.54, 1.807) is 0 Å². The van der Waals surface area contributed by atoms with Gasteiger partial charge in [-0.25, -0.2) is 4.57 Å². The molecule has 1 saturated carbocycles. The quantitative estimate of drug-likeness (QED) is 0.0145. The van der Waals surface area contributed by atoms with Crippen LogP contribution in [0.25, 0.3) is 0 Å². The van der Waals surface area contributed by atoms with Crippen LogP contribution in [0.5, 0.6) is 0 Å². The summed E-state index contributed by atoms with van der Waals surface area (Å²) < 4.78 is 33.6. The molecule has 6 N–H and O–H groups in total. The van der Waals surface area contributed by atoms with Gasteiger partial charge in [0.05, 0.1) is 6.61 Å². The number of hydrogen-bond acceptors (Lipinski definition) is 12. The van der Waals surface area contributed by atoms with Gasteiger partial charge in [0.15, 0.2) is 6.10 Å². The van der Waals surface area contributed by atoms with E-state index in [0.717, 1.165) is 38.5 Å². The Labute approximate surface area is 401 Å². The Hall–Kier alpha value is -1.41. The molecule has 1 fully saturated rings. The molecule has 14 heteroatoms. The molecule has 66 heavy (non-hydrogen) atoms. The number of hydrogen-bond donors (Lipinski definition) is 6. The molecule has 0 aromatic carbocycles. The van der Waals surface area contributed by atoms with Crippen molar-refractivity contribution in [3.8, 4) is 0 Å². The van der Waals surface area contributed by atoms with Gasteiger partial charge < -0.3 is 39.9 Å². The van der Waals surface area contributed by atoms with Crippen LogP contribution in [0.15, 0.2) is 12.2 Å². The van der Waals surface area contributed by atoms with Gasteiger partial charge in [0, 0.05) is 12.8 Å². The minimum absolute atomic E-state index is 0.0993. The predicted molar refractivity (Wildman–Crippen MR) is 263 cm³/mol. The van der Waals surface area contributed by atoms with E-state index in [1.165, 1.54) is 173 Å². The maximum Gasteiger partial charge on any atom is 0.472 e. The minimum Gasteiger partial charge on any atom is -0.462 e. The fourth-order valence-electron chi connectivity index (χ4n) is 8.52. The van der Waals surface area contributed by atoms with Gasteiger partial charge in [-0.3, -0.25) is 18.6 Å². The monoisotopic (exact) mass is 963 g/mol. The molecule has 8 atom stereocenters. The van der Waals surface area contributed by atoms with Crippen molar-refractivity contribution < 1.29 is 63.1 Å². The third kappa shape index (κ3) is 34.0. The van der Waals surface area contributed by atoms with Crippen molar-refractivity contribution in [2.24, 2.45) is 0 Å². The normalized spacial score (nSPS) is 21.3. The van der Waals surface area contributed by atoms with Gasteiger partial charge in [0.2, 0.25) is 0 Å². The average Bonchev–Trinajstić information content (AvgIpc) is 3.30. The lowest BCUT2D eigenvalue weighted by Crippen LogP contribution is -2.64. The van der Waals surface area contributed by atoms with E-state index < -0.39 is 75.7 Å². The first-order chi connectivity index (χ1) is 31.9. The number of phosphoric acid groups is 1. The number of carbonyl (C=O) groups excluding carboxylic acids is 2. The van der Waals surface area contributed by atoms with Crippen molar-refractivity contribution in [2.75, 3.05) is 13.2 Å². The van der Waals surface area contributed by atoms with Crippen LogP contribution in [0.2, 0.25) is 0 Å². The Bertz CT molecular complexity index is 1200. The molecule has 0 radical (unpaired) electrons. The summed E-state index contributed by atoms with van der Waals surface area (Å²) >= 11 is 0. The van der Waals surface area contributed by atoms with Crippen molar-refractivity contribution in [3.05, 3.63) is 12.2 Å². The summed E-state index contributed by atoms with van der Waals surface area (Å²) in [5.41, 5.74) is 0. The van der Waals surface area contributed by atoms with Gasteiger partial charge in [0.25, 0.3) is 0 Å². The van der Waals surface area contributed by atoms with Crippen molar-refractivity contribution >= 4 is 19.8 Å². The molecule has 0 aliphatic heterocycles. The van der Waals surface area contributed by atoms with E-state index in [1.807, 2.05) is 0 Å². The van der Waals surface area contributed by atoms with Crippen LogP contribution in [-0.2, 0) is 32.7 Å². The minimum atomic E-state index is -5.12. The second-order valence-corrected chi connectivity index (χ2v) is 20.5. The number of aliphatic hydroxyl groups excluding tert-OH is 5. The molecule has 0 bridgehead atoms. The van der Waals surface area contributed by atoms with Crippen LogP contribution in [0.3, 0.4) is 0 Å². The fraction of sp³-hybridized carbons (Fsp3) is 0.923. The summed E-state index contributed by atoms with van der Waals surface area (Å²) in [6, 6.07) is 0. The number of aliphatic hydroxyl groups is 5. The highest BCUT2D eigenvalue weighted by atomic mass is 31.2. The number of carbonyl (C=O) groups is 2. The molecule has 390 valence electrons. The van der Waals surface area contributed by atoms with Crippen LogP contribution in [-0.4, -0.2) is 98.3 Å². The Balaban J connectivity index is 2.35. The Morgan fingerprint density at radius 3 is 1.18 bits per heavy atom. The van der Waals surface area contributed by atoms with Gasteiger partial charge in [-0.15, -0.1) is 0 Å². The summed E-state index contributed by atoms with van der Waals surface area (Å²) in [6.07, 6.45) is 34.1. The van der Waals surface area contributed by atoms with Gasteiger partial charge in [-0.2, -0.15) is 0 Å². The van der Waals surface area contributed by atoms with Crippen molar-refractivity contribution in [3.63, 3.8) is 0 Å². The smallest absolute Gasteiger partial charge is 0.462 e.